The van der Waals surface area contributed by atoms with E-state index >= 15 is 0 Å². The van der Waals surface area contributed by atoms with E-state index in [4.69, 9.17) is 11.1 Å². The molecule has 0 saturated heterocycles. The third-order valence-corrected chi connectivity index (χ3v) is 3.28. The van der Waals surface area contributed by atoms with Gasteiger partial charge in [0.15, 0.2) is 0 Å². The van der Waals surface area contributed by atoms with E-state index in [1.54, 1.807) is 0 Å². The van der Waals surface area contributed by atoms with Crippen LogP contribution in [-0.2, 0) is 12.8 Å². The van der Waals surface area contributed by atoms with E-state index in [9.17, 15) is 0 Å². The minimum absolute atomic E-state index is 0.454. The van der Waals surface area contributed by atoms with E-state index in [1.165, 1.54) is 22.4 Å². The fourth-order valence-corrected chi connectivity index (χ4v) is 2.37. The third-order valence-electron chi connectivity index (χ3n) is 3.28. The molecule has 0 atom stereocenters. The van der Waals surface area contributed by atoms with Crippen LogP contribution < -0.4 is 10.6 Å². The Morgan fingerprint density at radius 3 is 2.65 bits per heavy atom. The quantitative estimate of drug-likeness (QED) is 0.600. The first kappa shape index (κ1) is 11.9. The number of nitrogens with zero attached hydrogens (tertiary/aromatic N) is 1. The van der Waals surface area contributed by atoms with Gasteiger partial charge >= 0.3 is 0 Å². The largest absolute Gasteiger partial charge is 0.353 e. The first-order valence-electron chi connectivity index (χ1n) is 5.93. The van der Waals surface area contributed by atoms with Crippen molar-refractivity contribution < 1.29 is 0 Å². The standard InChI is InChI=1S/C14H19N3/c1-3-11-4-7-14(13-6-5-12(11)13)17(9-15)8-10(2)16/h3-4,7,16H,1,5-6,8-9,15H2,2H3. The van der Waals surface area contributed by atoms with Gasteiger partial charge < -0.3 is 16.0 Å². The van der Waals surface area contributed by atoms with Crippen molar-refractivity contribution in [2.75, 3.05) is 18.1 Å². The molecule has 0 aromatic heterocycles. The lowest BCUT2D eigenvalue weighted by molar-refractivity contribution is 0.803. The van der Waals surface area contributed by atoms with E-state index in [2.05, 4.69) is 23.6 Å². The highest BCUT2D eigenvalue weighted by Gasteiger charge is 2.22. The van der Waals surface area contributed by atoms with Gasteiger partial charge in [0.05, 0.1) is 13.2 Å². The van der Waals surface area contributed by atoms with Crippen LogP contribution in [0.5, 0.6) is 0 Å². The Hall–Kier alpha value is -1.61. The summed E-state index contributed by atoms with van der Waals surface area (Å²) in [7, 11) is 0. The van der Waals surface area contributed by atoms with Crippen molar-refractivity contribution in [3.05, 3.63) is 35.4 Å². The number of nitrogens with one attached hydrogen (secondary N) is 1. The van der Waals surface area contributed by atoms with Crippen molar-refractivity contribution in [2.45, 2.75) is 19.8 Å². The molecule has 1 aromatic rings. The van der Waals surface area contributed by atoms with Gasteiger partial charge in [0.25, 0.3) is 0 Å². The summed E-state index contributed by atoms with van der Waals surface area (Å²) < 4.78 is 0. The highest BCUT2D eigenvalue weighted by molar-refractivity contribution is 5.84. The fraction of sp³-hybridized carbons (Fsp3) is 0.357. The second-order valence-corrected chi connectivity index (χ2v) is 4.50. The van der Waals surface area contributed by atoms with Crippen LogP contribution in [0.15, 0.2) is 18.7 Å². The molecule has 0 aliphatic heterocycles. The summed E-state index contributed by atoms with van der Waals surface area (Å²) >= 11 is 0. The zero-order valence-electron chi connectivity index (χ0n) is 10.3. The molecule has 0 saturated carbocycles. The van der Waals surface area contributed by atoms with Gasteiger partial charge in [-0.25, -0.2) is 0 Å². The summed E-state index contributed by atoms with van der Waals surface area (Å²) in [6.45, 7) is 6.71. The van der Waals surface area contributed by atoms with Crippen molar-refractivity contribution >= 4 is 17.5 Å². The van der Waals surface area contributed by atoms with E-state index in [1.807, 2.05) is 13.0 Å². The Bertz CT molecular complexity index is 463. The number of benzene rings is 1. The number of fused-ring (bicyclic) bond motifs is 1. The number of hydrogen-bond donors (Lipinski definition) is 2. The highest BCUT2D eigenvalue weighted by atomic mass is 15.2. The van der Waals surface area contributed by atoms with E-state index < -0.39 is 0 Å². The van der Waals surface area contributed by atoms with E-state index in [0.29, 0.717) is 18.9 Å². The molecular weight excluding hydrogens is 210 g/mol. The number of anilines is 1. The summed E-state index contributed by atoms with van der Waals surface area (Å²) in [5.74, 6) is 0. The lowest BCUT2D eigenvalue weighted by Crippen LogP contribution is -2.35. The molecule has 0 amide bonds. The van der Waals surface area contributed by atoms with Crippen LogP contribution in [-0.4, -0.2) is 18.9 Å². The zero-order valence-corrected chi connectivity index (χ0v) is 10.3. The van der Waals surface area contributed by atoms with E-state index in [-0.39, 0.29) is 0 Å². The Morgan fingerprint density at radius 1 is 1.47 bits per heavy atom. The predicted octanol–water partition coefficient (Wildman–Crippen LogP) is 2.19. The molecule has 0 radical (unpaired) electrons. The topological polar surface area (TPSA) is 53.1 Å². The van der Waals surface area contributed by atoms with Crippen LogP contribution in [0.2, 0.25) is 0 Å². The van der Waals surface area contributed by atoms with Crippen LogP contribution in [0.25, 0.3) is 6.08 Å². The molecule has 3 heteroatoms. The fourth-order valence-electron chi connectivity index (χ4n) is 2.37. The first-order chi connectivity index (χ1) is 8.17. The van der Waals surface area contributed by atoms with Crippen LogP contribution >= 0.6 is 0 Å². The maximum Gasteiger partial charge on any atom is 0.0661 e. The van der Waals surface area contributed by atoms with Gasteiger partial charge in [-0.1, -0.05) is 18.7 Å². The summed E-state index contributed by atoms with van der Waals surface area (Å²) in [5, 5.41) is 7.58. The smallest absolute Gasteiger partial charge is 0.0661 e. The van der Waals surface area contributed by atoms with Gasteiger partial charge in [-0.3, -0.25) is 0 Å². The minimum Gasteiger partial charge on any atom is -0.353 e. The third kappa shape index (κ3) is 2.11. The molecule has 1 aliphatic rings. The Balaban J connectivity index is 2.35. The Labute approximate surface area is 102 Å². The van der Waals surface area contributed by atoms with Gasteiger partial charge in [0.2, 0.25) is 0 Å². The Morgan fingerprint density at radius 2 is 2.18 bits per heavy atom. The van der Waals surface area contributed by atoms with Crippen molar-refractivity contribution in [3.8, 4) is 0 Å². The molecule has 0 heterocycles. The van der Waals surface area contributed by atoms with Gasteiger partial charge in [0, 0.05) is 11.4 Å². The maximum absolute atomic E-state index is 7.58. The maximum atomic E-state index is 7.58. The molecule has 1 aromatic carbocycles. The molecular formula is C14H19N3. The number of rotatable bonds is 5. The molecule has 0 fully saturated rings. The molecule has 90 valence electrons. The summed E-state index contributed by atoms with van der Waals surface area (Å²) in [6.07, 6.45) is 4.16. The van der Waals surface area contributed by atoms with Crippen LogP contribution in [0.4, 0.5) is 5.69 Å². The minimum atomic E-state index is 0.454. The van der Waals surface area contributed by atoms with E-state index in [0.717, 1.165) is 12.8 Å². The van der Waals surface area contributed by atoms with Crippen LogP contribution in [0.3, 0.4) is 0 Å². The molecule has 17 heavy (non-hydrogen) atoms. The molecule has 0 unspecified atom stereocenters. The van der Waals surface area contributed by atoms with Gasteiger partial charge in [-0.15, -0.1) is 0 Å². The molecule has 2 rings (SSSR count). The SMILES string of the molecule is C=Cc1ccc(N(CN)CC(C)=N)c2c1CC2. The Kier molecular flexibility index (Phi) is 3.29. The van der Waals surface area contributed by atoms with Crippen molar-refractivity contribution in [1.29, 1.82) is 5.41 Å². The monoisotopic (exact) mass is 229 g/mol. The van der Waals surface area contributed by atoms with Gasteiger partial charge in [-0.2, -0.15) is 0 Å². The molecule has 0 spiro atoms. The van der Waals surface area contributed by atoms with Crippen molar-refractivity contribution in [1.82, 2.24) is 0 Å². The van der Waals surface area contributed by atoms with Gasteiger partial charge in [0.1, 0.15) is 0 Å². The van der Waals surface area contributed by atoms with Crippen LogP contribution in [0.1, 0.15) is 23.6 Å². The average Bonchev–Trinajstić information content (AvgIpc) is 2.26. The second-order valence-electron chi connectivity index (χ2n) is 4.50. The summed E-state index contributed by atoms with van der Waals surface area (Å²) in [6, 6.07) is 4.20. The number of nitrogens with two attached hydrogens (primary N) is 1. The summed E-state index contributed by atoms with van der Waals surface area (Å²) in [5.41, 5.74) is 11.6. The molecule has 1 aliphatic carbocycles. The molecule has 0 bridgehead atoms. The lowest BCUT2D eigenvalue weighted by atomic mass is 9.83. The zero-order chi connectivity index (χ0) is 12.4. The lowest BCUT2D eigenvalue weighted by Gasteiger charge is -2.31. The molecule has 3 nitrogen and oxygen atoms in total. The summed E-state index contributed by atoms with van der Waals surface area (Å²) in [4.78, 5) is 2.06. The predicted molar refractivity (Wildman–Crippen MR) is 73.7 cm³/mol. The molecule has 3 N–H and O–H groups in total. The van der Waals surface area contributed by atoms with Crippen LogP contribution in [0, 0.1) is 5.41 Å². The normalized spacial score (nSPS) is 12.6. The second kappa shape index (κ2) is 4.72. The van der Waals surface area contributed by atoms with Crippen molar-refractivity contribution in [3.63, 3.8) is 0 Å². The highest BCUT2D eigenvalue weighted by Crippen LogP contribution is 2.35. The average molecular weight is 229 g/mol. The van der Waals surface area contributed by atoms with Gasteiger partial charge in [-0.05, 0) is 42.5 Å². The first-order valence-corrected chi connectivity index (χ1v) is 5.93. The number of hydrogen-bond acceptors (Lipinski definition) is 3. The van der Waals surface area contributed by atoms with Crippen molar-refractivity contribution in [2.24, 2.45) is 5.73 Å².